The number of imide groups is 1. The van der Waals surface area contributed by atoms with E-state index in [4.69, 9.17) is 0 Å². The lowest BCUT2D eigenvalue weighted by Gasteiger charge is -2.22. The number of benzene rings is 2. The molecule has 2 saturated heterocycles. The molecule has 2 aromatic rings. The van der Waals surface area contributed by atoms with Gasteiger partial charge in [0.2, 0.25) is 0 Å². The Balaban J connectivity index is 1.75. The highest BCUT2D eigenvalue weighted by molar-refractivity contribution is 9.10. The van der Waals surface area contributed by atoms with Crippen molar-refractivity contribution in [2.75, 3.05) is 11.5 Å². The molecule has 2 aliphatic rings. The second kappa shape index (κ2) is 8.06. The van der Waals surface area contributed by atoms with E-state index in [1.807, 2.05) is 54.6 Å². The SMILES string of the molecule is O=C1C(=C2SCCS2)C(O)(Cc2ccccc2)C(=O)N1Cc1ccccc1Br. The summed E-state index contributed by atoms with van der Waals surface area (Å²) in [5.74, 6) is 0.802. The van der Waals surface area contributed by atoms with Crippen molar-refractivity contribution >= 4 is 51.3 Å². The van der Waals surface area contributed by atoms with E-state index in [2.05, 4.69) is 15.9 Å². The van der Waals surface area contributed by atoms with Gasteiger partial charge < -0.3 is 5.11 Å². The van der Waals surface area contributed by atoms with E-state index in [-0.39, 0.29) is 18.5 Å². The normalized spacial score (nSPS) is 22.4. The second-order valence-corrected chi connectivity index (χ2v) is 9.99. The Labute approximate surface area is 180 Å². The van der Waals surface area contributed by atoms with Crippen LogP contribution in [0, 0.1) is 0 Å². The summed E-state index contributed by atoms with van der Waals surface area (Å²) in [4.78, 5) is 27.8. The molecule has 28 heavy (non-hydrogen) atoms. The third-order valence-corrected chi connectivity index (χ3v) is 8.30. The van der Waals surface area contributed by atoms with Crippen LogP contribution in [0.15, 0.2) is 68.9 Å². The molecular formula is C21H18BrNO3S2. The molecular weight excluding hydrogens is 458 g/mol. The van der Waals surface area contributed by atoms with Crippen molar-refractivity contribution < 1.29 is 14.7 Å². The Bertz CT molecular complexity index is 955. The quantitative estimate of drug-likeness (QED) is 0.535. The lowest BCUT2D eigenvalue weighted by molar-refractivity contribution is -0.146. The zero-order chi connectivity index (χ0) is 19.7. The van der Waals surface area contributed by atoms with Gasteiger partial charge in [-0.15, -0.1) is 23.5 Å². The van der Waals surface area contributed by atoms with Gasteiger partial charge in [0, 0.05) is 22.4 Å². The smallest absolute Gasteiger partial charge is 0.266 e. The Morgan fingerprint density at radius 3 is 2.32 bits per heavy atom. The molecule has 2 aromatic carbocycles. The highest BCUT2D eigenvalue weighted by atomic mass is 79.9. The van der Waals surface area contributed by atoms with Crippen LogP contribution in [0.4, 0.5) is 0 Å². The summed E-state index contributed by atoms with van der Waals surface area (Å²) in [6.07, 6.45) is 0.0881. The van der Waals surface area contributed by atoms with Crippen molar-refractivity contribution in [2.45, 2.75) is 18.6 Å². The highest BCUT2D eigenvalue weighted by Gasteiger charge is 2.56. The Morgan fingerprint density at radius 1 is 1.00 bits per heavy atom. The molecule has 4 rings (SSSR count). The number of aliphatic hydroxyl groups is 1. The average molecular weight is 476 g/mol. The number of halogens is 1. The Kier molecular flexibility index (Phi) is 5.69. The van der Waals surface area contributed by atoms with Crippen LogP contribution in [0.5, 0.6) is 0 Å². The van der Waals surface area contributed by atoms with E-state index in [9.17, 15) is 14.7 Å². The lowest BCUT2D eigenvalue weighted by atomic mass is 9.89. The molecule has 1 atom stereocenters. The van der Waals surface area contributed by atoms with Gasteiger partial charge in [0.25, 0.3) is 11.8 Å². The number of rotatable bonds is 4. The number of carbonyl (C=O) groups is 2. The van der Waals surface area contributed by atoms with Gasteiger partial charge in [0.15, 0.2) is 5.60 Å². The van der Waals surface area contributed by atoms with E-state index in [1.54, 1.807) is 23.5 Å². The molecule has 2 amide bonds. The molecule has 2 heterocycles. The molecule has 0 bridgehead atoms. The molecule has 4 nitrogen and oxygen atoms in total. The number of amides is 2. The van der Waals surface area contributed by atoms with Crippen molar-refractivity contribution in [1.29, 1.82) is 0 Å². The summed E-state index contributed by atoms with van der Waals surface area (Å²) in [7, 11) is 0. The van der Waals surface area contributed by atoms with Crippen LogP contribution in [0.2, 0.25) is 0 Å². The van der Waals surface area contributed by atoms with E-state index in [0.717, 1.165) is 31.3 Å². The molecule has 0 saturated carbocycles. The molecule has 1 unspecified atom stereocenters. The molecule has 7 heteroatoms. The predicted octanol–water partition coefficient (Wildman–Crippen LogP) is 3.98. The minimum atomic E-state index is -1.83. The summed E-state index contributed by atoms with van der Waals surface area (Å²) in [5, 5.41) is 11.5. The average Bonchev–Trinajstić information content (AvgIpc) is 3.26. The van der Waals surface area contributed by atoms with Crippen LogP contribution in [-0.2, 0) is 22.6 Å². The first-order valence-electron chi connectivity index (χ1n) is 8.87. The fraction of sp³-hybridized carbons (Fsp3) is 0.238. The van der Waals surface area contributed by atoms with Crippen molar-refractivity contribution in [2.24, 2.45) is 0 Å². The standard InChI is InChI=1S/C21H18BrNO3S2/c22-16-9-5-4-8-15(16)13-23-18(24)17(19-27-10-11-28-19)21(26,20(23)25)12-14-6-2-1-3-7-14/h1-9,26H,10-13H2. The summed E-state index contributed by atoms with van der Waals surface area (Å²) >= 11 is 6.56. The van der Waals surface area contributed by atoms with Crippen LogP contribution in [-0.4, -0.2) is 38.9 Å². The van der Waals surface area contributed by atoms with Crippen LogP contribution in [0.3, 0.4) is 0 Å². The fourth-order valence-corrected chi connectivity index (χ4v) is 6.52. The van der Waals surface area contributed by atoms with Crippen LogP contribution in [0.25, 0.3) is 0 Å². The van der Waals surface area contributed by atoms with Gasteiger partial charge in [0.1, 0.15) is 0 Å². The van der Waals surface area contributed by atoms with Crippen LogP contribution < -0.4 is 0 Å². The number of likely N-dealkylation sites (tertiary alicyclic amines) is 1. The number of hydrogen-bond donors (Lipinski definition) is 1. The van der Waals surface area contributed by atoms with E-state index < -0.39 is 17.4 Å². The summed E-state index contributed by atoms with van der Waals surface area (Å²) < 4.78 is 1.60. The lowest BCUT2D eigenvalue weighted by Crippen LogP contribution is -2.42. The monoisotopic (exact) mass is 475 g/mol. The molecule has 144 valence electrons. The summed E-state index contributed by atoms with van der Waals surface area (Å²) in [5.41, 5.74) is 0.0458. The van der Waals surface area contributed by atoms with Gasteiger partial charge in [0.05, 0.1) is 16.4 Å². The zero-order valence-electron chi connectivity index (χ0n) is 14.9. The van der Waals surface area contributed by atoms with E-state index in [0.29, 0.717) is 0 Å². The van der Waals surface area contributed by atoms with Gasteiger partial charge in [-0.2, -0.15) is 0 Å². The van der Waals surface area contributed by atoms with Gasteiger partial charge >= 0.3 is 0 Å². The van der Waals surface area contributed by atoms with Crippen LogP contribution in [0.1, 0.15) is 11.1 Å². The van der Waals surface area contributed by atoms with Gasteiger partial charge in [-0.1, -0.05) is 64.5 Å². The Hall–Kier alpha value is -1.54. The first-order valence-corrected chi connectivity index (χ1v) is 11.6. The van der Waals surface area contributed by atoms with Crippen molar-refractivity contribution in [3.63, 3.8) is 0 Å². The number of thioether (sulfide) groups is 2. The molecule has 2 fully saturated rings. The number of hydrogen-bond acceptors (Lipinski definition) is 5. The third kappa shape index (κ3) is 3.56. The molecule has 1 N–H and O–H groups in total. The zero-order valence-corrected chi connectivity index (χ0v) is 18.1. The first kappa shape index (κ1) is 19.8. The number of carbonyl (C=O) groups excluding carboxylic acids is 2. The maximum absolute atomic E-state index is 13.3. The van der Waals surface area contributed by atoms with Crippen LogP contribution >= 0.6 is 39.5 Å². The third-order valence-electron chi connectivity index (χ3n) is 4.81. The summed E-state index contributed by atoms with van der Waals surface area (Å²) in [6, 6.07) is 16.8. The van der Waals surface area contributed by atoms with Crippen molar-refractivity contribution in [3.8, 4) is 0 Å². The summed E-state index contributed by atoms with van der Waals surface area (Å²) in [6.45, 7) is 0.127. The molecule has 0 aromatic heterocycles. The van der Waals surface area contributed by atoms with Gasteiger partial charge in [-0.25, -0.2) is 0 Å². The molecule has 0 aliphatic carbocycles. The maximum Gasteiger partial charge on any atom is 0.266 e. The van der Waals surface area contributed by atoms with Crippen molar-refractivity contribution in [3.05, 3.63) is 80.0 Å². The minimum absolute atomic E-state index is 0.0881. The maximum atomic E-state index is 13.3. The number of nitrogens with zero attached hydrogens (tertiary/aromatic N) is 1. The molecule has 0 spiro atoms. The van der Waals surface area contributed by atoms with Crippen molar-refractivity contribution in [1.82, 2.24) is 4.90 Å². The second-order valence-electron chi connectivity index (χ2n) is 6.67. The highest BCUT2D eigenvalue weighted by Crippen LogP contribution is 2.46. The van der Waals surface area contributed by atoms with E-state index >= 15 is 0 Å². The first-order chi connectivity index (χ1) is 13.5. The predicted molar refractivity (Wildman–Crippen MR) is 117 cm³/mol. The minimum Gasteiger partial charge on any atom is -0.375 e. The Morgan fingerprint density at radius 2 is 1.64 bits per heavy atom. The largest absolute Gasteiger partial charge is 0.375 e. The van der Waals surface area contributed by atoms with Gasteiger partial charge in [-0.3, -0.25) is 14.5 Å². The molecule has 2 aliphatic heterocycles. The topological polar surface area (TPSA) is 57.6 Å². The van der Waals surface area contributed by atoms with Gasteiger partial charge in [-0.05, 0) is 17.2 Å². The fourth-order valence-electron chi connectivity index (χ4n) is 3.44. The molecule has 0 radical (unpaired) electrons. The van der Waals surface area contributed by atoms with E-state index in [1.165, 1.54) is 4.90 Å².